The molecule has 0 atom stereocenters. The lowest BCUT2D eigenvalue weighted by atomic mass is 10.3. The summed E-state index contributed by atoms with van der Waals surface area (Å²) in [6, 6.07) is 3.50. The van der Waals surface area contributed by atoms with E-state index in [2.05, 4.69) is 30.8 Å². The van der Waals surface area contributed by atoms with Crippen LogP contribution in [0.4, 0.5) is 0 Å². The number of halogens is 1. The number of ether oxygens (including phenoxy) is 1. The molecule has 0 spiro atoms. The van der Waals surface area contributed by atoms with Gasteiger partial charge in [0.05, 0.1) is 18.8 Å². The molecule has 1 aliphatic heterocycles. The first-order valence-corrected chi connectivity index (χ1v) is 9.30. The molecule has 0 saturated carbocycles. The molecule has 1 amide bonds. The van der Waals surface area contributed by atoms with E-state index in [9.17, 15) is 4.79 Å². The lowest BCUT2D eigenvalue weighted by molar-refractivity contribution is 0.0377. The smallest absolute Gasteiger partial charge is 0.252 e. The third-order valence-corrected chi connectivity index (χ3v) is 3.98. The average molecular weight is 490 g/mol. The Hall–Kier alpha value is -1.46. The molecule has 1 aromatic rings. The van der Waals surface area contributed by atoms with Crippen LogP contribution in [0.2, 0.25) is 0 Å². The molecule has 1 saturated heterocycles. The van der Waals surface area contributed by atoms with Gasteiger partial charge in [-0.25, -0.2) is 0 Å². The van der Waals surface area contributed by atoms with Crippen molar-refractivity contribution in [3.63, 3.8) is 0 Å². The number of aromatic nitrogens is 1. The Morgan fingerprint density at radius 3 is 2.74 bits per heavy atom. The highest BCUT2D eigenvalue weighted by molar-refractivity contribution is 14.0. The summed E-state index contributed by atoms with van der Waals surface area (Å²) >= 11 is 0. The summed E-state index contributed by atoms with van der Waals surface area (Å²) in [6.45, 7) is 9.48. The molecule has 1 fully saturated rings. The topological polar surface area (TPSA) is 90.9 Å². The van der Waals surface area contributed by atoms with Crippen molar-refractivity contribution in [3.05, 3.63) is 30.1 Å². The van der Waals surface area contributed by atoms with Gasteiger partial charge in [-0.1, -0.05) is 0 Å². The quantitative estimate of drug-likeness (QED) is 0.205. The van der Waals surface area contributed by atoms with Crippen LogP contribution in [-0.4, -0.2) is 80.8 Å². The summed E-state index contributed by atoms with van der Waals surface area (Å²) in [5.74, 6) is 0.664. The van der Waals surface area contributed by atoms with Crippen LogP contribution >= 0.6 is 24.0 Å². The number of carbonyl (C=O) groups is 1. The van der Waals surface area contributed by atoms with E-state index >= 15 is 0 Å². The number of carbonyl (C=O) groups excluding carboxylic acids is 1. The summed E-state index contributed by atoms with van der Waals surface area (Å²) < 4.78 is 5.35. The maximum absolute atomic E-state index is 11.9. The van der Waals surface area contributed by atoms with Gasteiger partial charge < -0.3 is 20.7 Å². The summed E-state index contributed by atoms with van der Waals surface area (Å²) in [5, 5.41) is 9.33. The predicted molar refractivity (Wildman–Crippen MR) is 118 cm³/mol. The lowest BCUT2D eigenvalue weighted by Gasteiger charge is -2.26. The average Bonchev–Trinajstić information content (AvgIpc) is 2.69. The molecule has 0 unspecified atom stereocenters. The minimum absolute atomic E-state index is 0. The number of rotatable bonds is 9. The number of morpholine rings is 1. The monoisotopic (exact) mass is 490 g/mol. The van der Waals surface area contributed by atoms with Gasteiger partial charge in [-0.3, -0.25) is 19.7 Å². The van der Waals surface area contributed by atoms with Crippen LogP contribution in [0, 0.1) is 0 Å². The maximum atomic E-state index is 11.9. The van der Waals surface area contributed by atoms with E-state index in [-0.39, 0.29) is 29.9 Å². The molecule has 152 valence electrons. The number of nitrogens with zero attached hydrogens (tertiary/aromatic N) is 3. The van der Waals surface area contributed by atoms with Crippen LogP contribution < -0.4 is 16.0 Å². The van der Waals surface area contributed by atoms with E-state index in [1.54, 1.807) is 24.5 Å². The van der Waals surface area contributed by atoms with Crippen molar-refractivity contribution in [3.8, 4) is 0 Å². The van der Waals surface area contributed by atoms with Crippen molar-refractivity contribution in [2.24, 2.45) is 4.99 Å². The number of nitrogens with one attached hydrogen (secondary N) is 3. The highest BCUT2D eigenvalue weighted by Crippen LogP contribution is 1.98. The summed E-state index contributed by atoms with van der Waals surface area (Å²) in [7, 11) is 0. The van der Waals surface area contributed by atoms with Crippen molar-refractivity contribution in [1.82, 2.24) is 25.8 Å². The second-order valence-corrected chi connectivity index (χ2v) is 5.99. The standard InChI is InChI=1S/C18H30N6O2.HI/c1-2-20-18(22-7-4-10-24-11-13-26-14-12-24)23-9-8-21-17(25)16-5-3-6-19-15-16;/h3,5-6,15H,2,4,7-14H2,1H3,(H,21,25)(H2,20,22,23);1H. The van der Waals surface area contributed by atoms with Gasteiger partial charge in [0.1, 0.15) is 0 Å². The Kier molecular flexibility index (Phi) is 12.7. The van der Waals surface area contributed by atoms with Gasteiger partial charge in [-0.2, -0.15) is 0 Å². The highest BCUT2D eigenvalue weighted by Gasteiger charge is 2.09. The van der Waals surface area contributed by atoms with Crippen LogP contribution in [0.1, 0.15) is 23.7 Å². The zero-order valence-electron chi connectivity index (χ0n) is 15.9. The Morgan fingerprint density at radius 1 is 1.26 bits per heavy atom. The van der Waals surface area contributed by atoms with Gasteiger partial charge in [0, 0.05) is 58.2 Å². The third kappa shape index (κ3) is 9.87. The van der Waals surface area contributed by atoms with E-state index in [1.807, 2.05) is 6.92 Å². The number of guanidine groups is 1. The number of hydrogen-bond donors (Lipinski definition) is 3. The molecular weight excluding hydrogens is 459 g/mol. The predicted octanol–water partition coefficient (Wildman–Crippen LogP) is 0.707. The summed E-state index contributed by atoms with van der Waals surface area (Å²) in [5.41, 5.74) is 0.566. The molecule has 9 heteroatoms. The molecule has 8 nitrogen and oxygen atoms in total. The van der Waals surface area contributed by atoms with Gasteiger partial charge in [0.2, 0.25) is 0 Å². The number of pyridine rings is 1. The Morgan fingerprint density at radius 2 is 2.04 bits per heavy atom. The molecule has 1 aromatic heterocycles. The Balaban J connectivity index is 0.00000364. The minimum Gasteiger partial charge on any atom is -0.379 e. The van der Waals surface area contributed by atoms with Crippen molar-refractivity contribution in [2.75, 3.05) is 59.0 Å². The first-order chi connectivity index (χ1) is 12.8. The second kappa shape index (κ2) is 14.6. The first-order valence-electron chi connectivity index (χ1n) is 9.30. The minimum atomic E-state index is -0.118. The number of hydrogen-bond acceptors (Lipinski definition) is 5. The zero-order valence-corrected chi connectivity index (χ0v) is 18.3. The van der Waals surface area contributed by atoms with E-state index in [4.69, 9.17) is 4.74 Å². The van der Waals surface area contributed by atoms with Gasteiger partial charge in [-0.05, 0) is 25.5 Å². The highest BCUT2D eigenvalue weighted by atomic mass is 127. The molecule has 0 aliphatic carbocycles. The van der Waals surface area contributed by atoms with Gasteiger partial charge in [0.25, 0.3) is 5.91 Å². The summed E-state index contributed by atoms with van der Waals surface area (Å²) in [4.78, 5) is 22.9. The van der Waals surface area contributed by atoms with Gasteiger partial charge in [0.15, 0.2) is 5.96 Å². The van der Waals surface area contributed by atoms with Crippen molar-refractivity contribution < 1.29 is 9.53 Å². The molecule has 27 heavy (non-hydrogen) atoms. The zero-order chi connectivity index (χ0) is 18.5. The van der Waals surface area contributed by atoms with Gasteiger partial charge >= 0.3 is 0 Å². The van der Waals surface area contributed by atoms with Crippen LogP contribution in [0.3, 0.4) is 0 Å². The second-order valence-electron chi connectivity index (χ2n) is 5.99. The largest absolute Gasteiger partial charge is 0.379 e. The molecule has 2 rings (SSSR count). The number of aliphatic imine (C=N–C) groups is 1. The van der Waals surface area contributed by atoms with Crippen LogP contribution in [0.5, 0.6) is 0 Å². The fourth-order valence-electron chi connectivity index (χ4n) is 2.61. The third-order valence-electron chi connectivity index (χ3n) is 3.98. The SMILES string of the molecule is CCNC(=NCCCN1CCOCC1)NCCNC(=O)c1cccnc1.I. The van der Waals surface area contributed by atoms with Crippen molar-refractivity contribution in [1.29, 1.82) is 0 Å². The Bertz CT molecular complexity index is 552. The fourth-order valence-corrected chi connectivity index (χ4v) is 2.61. The lowest BCUT2D eigenvalue weighted by Crippen LogP contribution is -2.41. The van der Waals surface area contributed by atoms with Crippen molar-refractivity contribution >= 4 is 35.8 Å². The van der Waals surface area contributed by atoms with Crippen LogP contribution in [0.15, 0.2) is 29.5 Å². The maximum Gasteiger partial charge on any atom is 0.252 e. The van der Waals surface area contributed by atoms with E-state index in [0.29, 0.717) is 18.7 Å². The molecular formula is C18H31IN6O2. The van der Waals surface area contributed by atoms with E-state index < -0.39 is 0 Å². The van der Waals surface area contributed by atoms with E-state index in [1.165, 1.54) is 0 Å². The molecule has 0 radical (unpaired) electrons. The van der Waals surface area contributed by atoms with Crippen molar-refractivity contribution in [2.45, 2.75) is 13.3 Å². The molecule has 0 bridgehead atoms. The molecule has 3 N–H and O–H groups in total. The fraction of sp³-hybridized carbons (Fsp3) is 0.611. The number of amides is 1. The summed E-state index contributed by atoms with van der Waals surface area (Å²) in [6.07, 6.45) is 4.23. The molecule has 1 aliphatic rings. The van der Waals surface area contributed by atoms with Crippen LogP contribution in [0.25, 0.3) is 0 Å². The van der Waals surface area contributed by atoms with Crippen LogP contribution in [-0.2, 0) is 4.74 Å². The van der Waals surface area contributed by atoms with E-state index in [0.717, 1.165) is 58.3 Å². The molecule has 2 heterocycles. The molecule has 0 aromatic carbocycles. The Labute approximate surface area is 178 Å². The first kappa shape index (κ1) is 23.6. The van der Waals surface area contributed by atoms with Gasteiger partial charge in [-0.15, -0.1) is 24.0 Å². The normalized spacial score (nSPS) is 14.9.